The molecule has 0 radical (unpaired) electrons. The number of hydrogen-bond acceptors (Lipinski definition) is 12. The maximum atomic E-state index is 13.2. The van der Waals surface area contributed by atoms with Gasteiger partial charge in [0.25, 0.3) is 11.8 Å². The zero-order chi connectivity index (χ0) is 47.2. The molecule has 356 valence electrons. The first-order valence-electron chi connectivity index (χ1n) is 22.5. The van der Waals surface area contributed by atoms with E-state index < -0.39 is 29.7 Å². The van der Waals surface area contributed by atoms with Crippen LogP contribution in [0.15, 0.2) is 108 Å². The third-order valence-corrected chi connectivity index (χ3v) is 12.2. The molecule has 4 aromatic carbocycles. The number of benzene rings is 4. The van der Waals surface area contributed by atoms with Gasteiger partial charge in [-0.3, -0.25) is 34.2 Å². The lowest BCUT2D eigenvalue weighted by molar-refractivity contribution is -0.136. The highest BCUT2D eigenvalue weighted by molar-refractivity contribution is 7.99. The number of alkyl halides is 1. The van der Waals surface area contributed by atoms with E-state index in [2.05, 4.69) is 41.7 Å². The molecule has 1 unspecified atom stereocenters. The van der Waals surface area contributed by atoms with Gasteiger partial charge in [0.2, 0.25) is 17.7 Å². The molecular weight excluding hydrogens is 898 g/mol. The number of carbonyl (C=O) groups is 5. The Bertz CT molecular complexity index is 2280. The molecule has 1 fully saturated rings. The van der Waals surface area contributed by atoms with Crippen molar-refractivity contribution in [2.45, 2.75) is 36.6 Å². The fourth-order valence-corrected chi connectivity index (χ4v) is 8.68. The SMILES string of the molecule is CN(CCOc1ccc(/C(=C(/CCCl)c2ccccc2)c2ccccc2)cc1)C(=O)CCOCCOCCOCCOCCOCCSc1cccc2c1C(=O)N(C1CCC(=O)NC1=O)C2=O. The molecule has 1 N–H and O–H groups in total. The van der Waals surface area contributed by atoms with Crippen molar-refractivity contribution in [2.24, 2.45) is 0 Å². The van der Waals surface area contributed by atoms with Gasteiger partial charge < -0.3 is 33.3 Å². The van der Waals surface area contributed by atoms with Crippen LogP contribution >= 0.6 is 23.4 Å². The predicted molar refractivity (Wildman–Crippen MR) is 256 cm³/mol. The van der Waals surface area contributed by atoms with E-state index in [4.69, 9.17) is 40.0 Å². The van der Waals surface area contributed by atoms with Crippen LogP contribution in [0.1, 0.15) is 63.1 Å². The second-order valence-corrected chi connectivity index (χ2v) is 17.0. The molecular formula is C51H58ClN3O11S. The molecule has 2 aliphatic heterocycles. The minimum absolute atomic E-state index is 0.0292. The van der Waals surface area contributed by atoms with Crippen molar-refractivity contribution in [2.75, 3.05) is 97.9 Å². The lowest BCUT2D eigenvalue weighted by Gasteiger charge is -2.27. The smallest absolute Gasteiger partial charge is 0.263 e. The number of thioether (sulfide) groups is 1. The van der Waals surface area contributed by atoms with Gasteiger partial charge in [0.1, 0.15) is 18.4 Å². The third kappa shape index (κ3) is 15.1. The van der Waals surface area contributed by atoms with E-state index >= 15 is 0 Å². The molecule has 67 heavy (non-hydrogen) atoms. The summed E-state index contributed by atoms with van der Waals surface area (Å²) in [6, 6.07) is 32.8. The first-order valence-corrected chi connectivity index (χ1v) is 24.0. The lowest BCUT2D eigenvalue weighted by atomic mass is 9.88. The second kappa shape index (κ2) is 27.4. The first-order chi connectivity index (χ1) is 32.8. The lowest BCUT2D eigenvalue weighted by Crippen LogP contribution is -2.54. The molecule has 0 aromatic heterocycles. The number of imide groups is 2. The van der Waals surface area contributed by atoms with Crippen molar-refractivity contribution in [3.8, 4) is 5.75 Å². The highest BCUT2D eigenvalue weighted by Gasteiger charge is 2.45. The second-order valence-electron chi connectivity index (χ2n) is 15.5. The third-order valence-electron chi connectivity index (χ3n) is 11.0. The molecule has 2 heterocycles. The van der Waals surface area contributed by atoms with E-state index in [1.54, 1.807) is 30.1 Å². The molecule has 0 saturated carbocycles. The quantitative estimate of drug-likeness (QED) is 0.0200. The average Bonchev–Trinajstić information content (AvgIpc) is 3.60. The Morgan fingerprint density at radius 2 is 1.25 bits per heavy atom. The molecule has 2 aliphatic rings. The molecule has 0 aliphatic carbocycles. The van der Waals surface area contributed by atoms with Crippen molar-refractivity contribution in [3.05, 3.63) is 131 Å². The van der Waals surface area contributed by atoms with Crippen LogP contribution in [0.2, 0.25) is 0 Å². The highest BCUT2D eigenvalue weighted by atomic mass is 35.5. The number of carbonyl (C=O) groups excluding carboxylic acids is 5. The van der Waals surface area contributed by atoms with Gasteiger partial charge in [-0.05, 0) is 64.9 Å². The van der Waals surface area contributed by atoms with E-state index in [1.807, 2.05) is 48.5 Å². The normalized spacial score (nSPS) is 15.1. The van der Waals surface area contributed by atoms with Crippen LogP contribution in [-0.4, -0.2) is 143 Å². The Hall–Kier alpha value is -5.39. The Kier molecular flexibility index (Phi) is 20.9. The van der Waals surface area contributed by atoms with E-state index in [0.717, 1.165) is 39.3 Å². The number of halogens is 1. The summed E-state index contributed by atoms with van der Waals surface area (Å²) in [7, 11) is 1.76. The van der Waals surface area contributed by atoms with E-state index in [9.17, 15) is 24.0 Å². The molecule has 0 bridgehead atoms. The van der Waals surface area contributed by atoms with Crippen molar-refractivity contribution in [1.29, 1.82) is 0 Å². The number of hydrogen-bond donors (Lipinski definition) is 1. The van der Waals surface area contributed by atoms with Gasteiger partial charge in [-0.2, -0.15) is 0 Å². The van der Waals surface area contributed by atoms with Gasteiger partial charge in [0.15, 0.2) is 0 Å². The van der Waals surface area contributed by atoms with Crippen LogP contribution in [0.3, 0.4) is 0 Å². The number of allylic oxidation sites excluding steroid dienone is 1. The monoisotopic (exact) mass is 955 g/mol. The molecule has 14 nitrogen and oxygen atoms in total. The molecule has 1 saturated heterocycles. The number of nitrogens with one attached hydrogen (secondary N) is 1. The highest BCUT2D eigenvalue weighted by Crippen LogP contribution is 2.36. The Labute approximate surface area is 401 Å². The van der Waals surface area contributed by atoms with Gasteiger partial charge in [-0.15, -0.1) is 23.4 Å². The summed E-state index contributed by atoms with van der Waals surface area (Å²) in [4.78, 5) is 66.1. The zero-order valence-electron chi connectivity index (χ0n) is 37.8. The maximum absolute atomic E-state index is 13.2. The summed E-state index contributed by atoms with van der Waals surface area (Å²) in [6.07, 6.45) is 1.16. The van der Waals surface area contributed by atoms with Gasteiger partial charge in [-0.1, -0.05) is 78.9 Å². The molecule has 4 aromatic rings. The molecule has 1 atom stereocenters. The minimum Gasteiger partial charge on any atom is -0.492 e. The Morgan fingerprint density at radius 1 is 0.672 bits per heavy atom. The van der Waals surface area contributed by atoms with Gasteiger partial charge in [-0.25, -0.2) is 0 Å². The molecule has 5 amide bonds. The van der Waals surface area contributed by atoms with Gasteiger partial charge >= 0.3 is 0 Å². The standard InChI is InChI=1S/C51H58ClN3O11S/c1-54(24-26-66-40-17-15-39(16-18-40)47(38-11-6-3-7-12-38)41(21-23-52)37-9-4-2-5-10-37)46(57)22-25-61-27-28-62-29-30-63-31-32-64-33-34-65-35-36-67-44-14-8-13-42-48(44)51(60)55(50(42)59)43-19-20-45(56)53-49(43)58/h2-18,43H,19-36H2,1H3,(H,53,56,58)/b47-41-. The topological polar surface area (TPSA) is 159 Å². The number of rotatable bonds is 29. The van der Waals surface area contributed by atoms with Gasteiger partial charge in [0, 0.05) is 30.0 Å². The molecule has 0 spiro atoms. The van der Waals surface area contributed by atoms with E-state index in [0.29, 0.717) is 95.7 Å². The van der Waals surface area contributed by atoms with Crippen LogP contribution in [0.5, 0.6) is 5.75 Å². The fraction of sp³-hybridized carbons (Fsp3) is 0.392. The molecule has 6 rings (SSSR count). The van der Waals surface area contributed by atoms with Crippen LogP contribution < -0.4 is 10.1 Å². The van der Waals surface area contributed by atoms with Crippen molar-refractivity contribution >= 4 is 64.0 Å². The predicted octanol–water partition coefficient (Wildman–Crippen LogP) is 6.78. The van der Waals surface area contributed by atoms with Crippen molar-refractivity contribution in [1.82, 2.24) is 15.1 Å². The number of likely N-dealkylation sites (N-methyl/N-ethyl adjacent to an activating group) is 1. The van der Waals surface area contributed by atoms with Crippen molar-refractivity contribution < 1.29 is 52.4 Å². The number of piperidine rings is 1. The summed E-state index contributed by atoms with van der Waals surface area (Å²) in [5.41, 5.74) is 6.18. The number of ether oxygens (including phenoxy) is 6. The van der Waals surface area contributed by atoms with Crippen LogP contribution in [0.25, 0.3) is 11.1 Å². The summed E-state index contributed by atoms with van der Waals surface area (Å²) in [5.74, 6) is -0.362. The zero-order valence-corrected chi connectivity index (χ0v) is 39.4. The van der Waals surface area contributed by atoms with E-state index in [1.165, 1.54) is 17.3 Å². The number of nitrogens with zero attached hydrogens (tertiary/aromatic N) is 2. The maximum Gasteiger partial charge on any atom is 0.263 e. The molecule has 16 heteroatoms. The summed E-state index contributed by atoms with van der Waals surface area (Å²) < 4.78 is 34.0. The van der Waals surface area contributed by atoms with Crippen LogP contribution in [-0.2, 0) is 38.1 Å². The van der Waals surface area contributed by atoms with Crippen LogP contribution in [0.4, 0.5) is 0 Å². The first kappa shape index (κ1) is 51.0. The number of amides is 5. The van der Waals surface area contributed by atoms with Crippen molar-refractivity contribution in [3.63, 3.8) is 0 Å². The summed E-state index contributed by atoms with van der Waals surface area (Å²) >= 11 is 7.69. The number of fused-ring (bicyclic) bond motifs is 1. The van der Waals surface area contributed by atoms with Gasteiger partial charge in [0.05, 0.1) is 90.2 Å². The fourth-order valence-electron chi connectivity index (χ4n) is 7.56. The van der Waals surface area contributed by atoms with Crippen LogP contribution in [0, 0.1) is 0 Å². The average molecular weight is 957 g/mol. The minimum atomic E-state index is -1.00. The van der Waals surface area contributed by atoms with E-state index in [-0.39, 0.29) is 36.3 Å². The Balaban J connectivity index is 0.749. The summed E-state index contributed by atoms with van der Waals surface area (Å²) in [5, 5.41) is 2.21. The Morgan fingerprint density at radius 3 is 1.87 bits per heavy atom. The summed E-state index contributed by atoms with van der Waals surface area (Å²) in [6.45, 7) is 4.63. The largest absolute Gasteiger partial charge is 0.492 e.